The number of unbranched alkanes of at least 4 members (excludes halogenated alkanes) is 3. The highest BCUT2D eigenvalue weighted by Crippen LogP contribution is 2.21. The van der Waals surface area contributed by atoms with Gasteiger partial charge in [0.15, 0.2) is 5.65 Å². The molecular weight excluding hydrogens is 410 g/mol. The number of nitrogens with one attached hydrogen (secondary N) is 1. The molecule has 1 atom stereocenters. The van der Waals surface area contributed by atoms with Crippen molar-refractivity contribution < 1.29 is 14.3 Å². The fraction of sp³-hybridized carbons (Fsp3) is 0.739. The number of methoxy groups -OCH3 is 1. The van der Waals surface area contributed by atoms with E-state index in [0.717, 1.165) is 70.3 Å². The van der Waals surface area contributed by atoms with Crippen molar-refractivity contribution in [1.82, 2.24) is 24.4 Å². The van der Waals surface area contributed by atoms with E-state index in [2.05, 4.69) is 26.8 Å². The average molecular weight is 448 g/mol. The van der Waals surface area contributed by atoms with Gasteiger partial charge in [-0.25, -0.2) is 4.79 Å². The Morgan fingerprint density at radius 1 is 1.19 bits per heavy atom. The highest BCUT2D eigenvalue weighted by atomic mass is 16.5. The molecular formula is C23H37N5O4. The van der Waals surface area contributed by atoms with Crippen molar-refractivity contribution >= 4 is 17.1 Å². The van der Waals surface area contributed by atoms with Gasteiger partial charge >= 0.3 is 17.7 Å². The summed E-state index contributed by atoms with van der Waals surface area (Å²) in [6.07, 6.45) is 7.74. The second kappa shape index (κ2) is 12.0. The smallest absolute Gasteiger partial charge is 0.327 e. The van der Waals surface area contributed by atoms with Gasteiger partial charge < -0.3 is 19.4 Å². The van der Waals surface area contributed by atoms with Crippen LogP contribution in [-0.4, -0.2) is 63.7 Å². The first-order valence-electron chi connectivity index (χ1n) is 11.9. The molecule has 1 saturated heterocycles. The molecule has 0 radical (unpaired) electrons. The lowest BCUT2D eigenvalue weighted by Crippen LogP contribution is -2.37. The molecule has 2 aromatic rings. The Morgan fingerprint density at radius 3 is 2.78 bits per heavy atom. The first-order chi connectivity index (χ1) is 15.5. The van der Waals surface area contributed by atoms with Crippen LogP contribution in [0.1, 0.15) is 64.0 Å². The van der Waals surface area contributed by atoms with Crippen LogP contribution >= 0.6 is 0 Å². The molecule has 9 nitrogen and oxygen atoms in total. The summed E-state index contributed by atoms with van der Waals surface area (Å²) in [6, 6.07) is 0.336. The molecule has 3 rings (SSSR count). The molecule has 32 heavy (non-hydrogen) atoms. The lowest BCUT2D eigenvalue weighted by Gasteiger charge is -2.32. The Bertz CT molecular complexity index is 938. The molecule has 0 aliphatic carbocycles. The van der Waals surface area contributed by atoms with Crippen molar-refractivity contribution in [2.24, 2.45) is 5.92 Å². The molecule has 0 bridgehead atoms. The Labute approximate surface area is 189 Å². The monoisotopic (exact) mass is 447 g/mol. The van der Waals surface area contributed by atoms with Crippen molar-refractivity contribution in [3.63, 3.8) is 0 Å². The molecule has 1 N–H and O–H groups in total. The van der Waals surface area contributed by atoms with Crippen LogP contribution in [0.25, 0.3) is 11.2 Å². The van der Waals surface area contributed by atoms with Crippen LogP contribution < -0.4 is 10.4 Å². The fourth-order valence-corrected chi connectivity index (χ4v) is 4.35. The first-order valence-corrected chi connectivity index (χ1v) is 11.9. The predicted molar refractivity (Wildman–Crippen MR) is 123 cm³/mol. The Balaban J connectivity index is 1.49. The third-order valence-electron chi connectivity index (χ3n) is 6.15. The number of rotatable bonds is 12. The van der Waals surface area contributed by atoms with E-state index < -0.39 is 0 Å². The number of hydrogen-bond acceptors (Lipinski definition) is 7. The van der Waals surface area contributed by atoms with Gasteiger partial charge in [-0.2, -0.15) is 9.97 Å². The van der Waals surface area contributed by atoms with Gasteiger partial charge in [-0.1, -0.05) is 19.8 Å². The molecule has 0 aromatic carbocycles. The number of piperidine rings is 1. The summed E-state index contributed by atoms with van der Waals surface area (Å²) in [4.78, 5) is 38.2. The van der Waals surface area contributed by atoms with Gasteiger partial charge in [-0.15, -0.1) is 0 Å². The quantitative estimate of drug-likeness (QED) is 0.394. The maximum absolute atomic E-state index is 12.5. The zero-order valence-electron chi connectivity index (χ0n) is 19.7. The number of aromatic amines is 1. The number of likely N-dealkylation sites (tertiary alicyclic amines) is 1. The maximum atomic E-state index is 12.5. The van der Waals surface area contributed by atoms with E-state index in [1.165, 1.54) is 7.11 Å². The molecule has 0 spiro atoms. The molecule has 0 amide bonds. The highest BCUT2D eigenvalue weighted by molar-refractivity contribution is 5.73. The molecule has 1 fully saturated rings. The van der Waals surface area contributed by atoms with Crippen molar-refractivity contribution in [2.45, 2.75) is 71.8 Å². The first kappa shape index (κ1) is 24.2. The van der Waals surface area contributed by atoms with Crippen molar-refractivity contribution in [3.8, 4) is 6.01 Å². The summed E-state index contributed by atoms with van der Waals surface area (Å²) in [7, 11) is 1.45. The van der Waals surface area contributed by atoms with Crippen LogP contribution in [0.2, 0.25) is 0 Å². The molecule has 1 unspecified atom stereocenters. The third-order valence-corrected chi connectivity index (χ3v) is 6.15. The van der Waals surface area contributed by atoms with Gasteiger partial charge in [-0.05, 0) is 58.0 Å². The van der Waals surface area contributed by atoms with Crippen LogP contribution in [-0.2, 0) is 16.1 Å². The predicted octanol–water partition coefficient (Wildman–Crippen LogP) is 3.05. The van der Waals surface area contributed by atoms with Crippen LogP contribution in [0.15, 0.2) is 4.79 Å². The van der Waals surface area contributed by atoms with Crippen molar-refractivity contribution in [3.05, 3.63) is 16.2 Å². The lowest BCUT2D eigenvalue weighted by molar-refractivity contribution is -0.142. The van der Waals surface area contributed by atoms with Crippen LogP contribution in [0.4, 0.5) is 0 Å². The number of ether oxygens (including phenoxy) is 2. The number of fused-ring (bicyclic) bond motifs is 1. The van der Waals surface area contributed by atoms with Crippen LogP contribution in [0.3, 0.4) is 0 Å². The van der Waals surface area contributed by atoms with E-state index in [4.69, 9.17) is 9.47 Å². The van der Waals surface area contributed by atoms with Gasteiger partial charge in [0.05, 0.1) is 19.4 Å². The summed E-state index contributed by atoms with van der Waals surface area (Å²) < 4.78 is 12.2. The normalized spacial score (nSPS) is 17.0. The maximum Gasteiger partial charge on any atom is 0.327 e. The minimum absolute atomic E-state index is 0.112. The molecule has 178 valence electrons. The van der Waals surface area contributed by atoms with E-state index in [1.54, 1.807) is 4.57 Å². The Kier molecular flexibility index (Phi) is 9.08. The number of esters is 1. The molecule has 0 saturated carbocycles. The largest absolute Gasteiger partial charge is 0.469 e. The van der Waals surface area contributed by atoms with E-state index in [1.807, 2.05) is 6.92 Å². The fourth-order valence-electron chi connectivity index (χ4n) is 4.35. The van der Waals surface area contributed by atoms with E-state index in [0.29, 0.717) is 42.7 Å². The average Bonchev–Trinajstić information content (AvgIpc) is 3.10. The number of hydrogen-bond donors (Lipinski definition) is 1. The summed E-state index contributed by atoms with van der Waals surface area (Å²) in [6.45, 7) is 8.25. The zero-order valence-corrected chi connectivity index (χ0v) is 19.7. The number of carbonyl (C=O) groups is 1. The second-order valence-corrected chi connectivity index (χ2v) is 8.72. The number of carbonyl (C=O) groups excluding carboxylic acids is 1. The van der Waals surface area contributed by atoms with Gasteiger partial charge in [-0.3, -0.25) is 9.36 Å². The topological polar surface area (TPSA) is 102 Å². The lowest BCUT2D eigenvalue weighted by atomic mass is 9.94. The van der Waals surface area contributed by atoms with Gasteiger partial charge in [0, 0.05) is 19.5 Å². The number of nitrogens with zero attached hydrogens (tertiary/aromatic N) is 4. The summed E-state index contributed by atoms with van der Waals surface area (Å²) in [5.74, 6) is 0.289. The SMILES string of the molecule is CCCCOc1nc(C)c2[nH]c(=O)n(CCCCCN3CCCC(CC(=O)OC)C3)c2n1. The Hall–Kier alpha value is -2.42. The van der Waals surface area contributed by atoms with Crippen LogP contribution in [0.5, 0.6) is 6.01 Å². The van der Waals surface area contributed by atoms with Crippen molar-refractivity contribution in [2.75, 3.05) is 33.4 Å². The van der Waals surface area contributed by atoms with Gasteiger partial charge in [0.1, 0.15) is 5.52 Å². The number of aromatic nitrogens is 4. The third kappa shape index (κ3) is 6.54. The highest BCUT2D eigenvalue weighted by Gasteiger charge is 2.22. The number of H-pyrrole nitrogens is 1. The van der Waals surface area contributed by atoms with Crippen molar-refractivity contribution in [1.29, 1.82) is 0 Å². The Morgan fingerprint density at radius 2 is 2.00 bits per heavy atom. The molecule has 1 aliphatic rings. The van der Waals surface area contributed by atoms with Gasteiger partial charge in [0.25, 0.3) is 0 Å². The summed E-state index contributed by atoms with van der Waals surface area (Å²) in [5, 5.41) is 0. The number of imidazole rings is 1. The summed E-state index contributed by atoms with van der Waals surface area (Å²) >= 11 is 0. The molecule has 9 heteroatoms. The van der Waals surface area contributed by atoms with E-state index >= 15 is 0 Å². The zero-order chi connectivity index (χ0) is 22.9. The molecule has 1 aliphatic heterocycles. The molecule has 3 heterocycles. The van der Waals surface area contributed by atoms with Gasteiger partial charge in [0.2, 0.25) is 0 Å². The standard InChI is InChI=1S/C23H37N5O4/c1-4-5-14-32-22-24-17(2)20-21(26-22)28(23(30)25-20)13-8-6-7-11-27-12-9-10-18(16-27)15-19(29)31-3/h18H,4-16H2,1-3H3,(H,25,30). The molecule has 2 aromatic heterocycles. The van der Waals surface area contributed by atoms with E-state index in [-0.39, 0.29) is 11.7 Å². The van der Waals surface area contributed by atoms with Crippen LogP contribution in [0, 0.1) is 12.8 Å². The minimum Gasteiger partial charge on any atom is -0.469 e. The minimum atomic E-state index is -0.148. The van der Waals surface area contributed by atoms with E-state index in [9.17, 15) is 9.59 Å². The number of aryl methyl sites for hydroxylation is 2. The summed E-state index contributed by atoms with van der Waals surface area (Å²) in [5.41, 5.74) is 1.88. The second-order valence-electron chi connectivity index (χ2n) is 8.72.